The minimum absolute atomic E-state index is 0.0405. The van der Waals surface area contributed by atoms with E-state index in [1.807, 2.05) is 24.3 Å². The minimum atomic E-state index is -0.184. The second kappa shape index (κ2) is 5.33. The molecular weight excluding hydrogens is 250 g/mol. The van der Waals surface area contributed by atoms with E-state index in [-0.39, 0.29) is 11.3 Å². The van der Waals surface area contributed by atoms with E-state index in [0.29, 0.717) is 11.4 Å². The SMILES string of the molecule is CC(C)(C)c1ccccc1NC(=O)c1ccnc(N)c1. The number of nitrogens with zero attached hydrogens (tertiary/aromatic N) is 1. The van der Waals surface area contributed by atoms with Crippen LogP contribution in [0.1, 0.15) is 36.7 Å². The molecule has 104 valence electrons. The largest absolute Gasteiger partial charge is 0.384 e. The third-order valence-corrected chi connectivity index (χ3v) is 3.03. The van der Waals surface area contributed by atoms with Crippen molar-refractivity contribution in [3.05, 3.63) is 53.7 Å². The van der Waals surface area contributed by atoms with E-state index in [0.717, 1.165) is 11.3 Å². The molecule has 0 fully saturated rings. The topological polar surface area (TPSA) is 68.0 Å². The van der Waals surface area contributed by atoms with Crippen LogP contribution in [0.5, 0.6) is 0 Å². The van der Waals surface area contributed by atoms with Gasteiger partial charge >= 0.3 is 0 Å². The molecule has 2 rings (SSSR count). The monoisotopic (exact) mass is 269 g/mol. The van der Waals surface area contributed by atoms with Gasteiger partial charge in [0.15, 0.2) is 0 Å². The Labute approximate surface area is 119 Å². The molecule has 0 radical (unpaired) electrons. The molecule has 0 unspecified atom stereocenters. The highest BCUT2D eigenvalue weighted by Gasteiger charge is 2.18. The lowest BCUT2D eigenvalue weighted by atomic mass is 9.86. The zero-order valence-electron chi connectivity index (χ0n) is 12.0. The molecule has 0 aliphatic carbocycles. The Hall–Kier alpha value is -2.36. The van der Waals surface area contributed by atoms with Gasteiger partial charge in [-0.25, -0.2) is 4.98 Å². The molecule has 0 saturated heterocycles. The summed E-state index contributed by atoms with van der Waals surface area (Å²) in [7, 11) is 0. The van der Waals surface area contributed by atoms with Crippen molar-refractivity contribution >= 4 is 17.4 Å². The van der Waals surface area contributed by atoms with Crippen LogP contribution in [0.3, 0.4) is 0 Å². The number of amides is 1. The molecule has 0 bridgehead atoms. The molecule has 0 saturated carbocycles. The zero-order chi connectivity index (χ0) is 14.8. The number of para-hydroxylation sites is 1. The van der Waals surface area contributed by atoms with E-state index in [2.05, 4.69) is 31.1 Å². The third-order valence-electron chi connectivity index (χ3n) is 3.03. The van der Waals surface area contributed by atoms with Gasteiger partial charge in [-0.1, -0.05) is 39.0 Å². The van der Waals surface area contributed by atoms with E-state index in [9.17, 15) is 4.79 Å². The van der Waals surface area contributed by atoms with Gasteiger partial charge in [-0.2, -0.15) is 0 Å². The fourth-order valence-corrected chi connectivity index (χ4v) is 2.03. The fourth-order valence-electron chi connectivity index (χ4n) is 2.03. The average Bonchev–Trinajstić information content (AvgIpc) is 2.38. The second-order valence-electron chi connectivity index (χ2n) is 5.72. The van der Waals surface area contributed by atoms with Crippen molar-refractivity contribution in [2.45, 2.75) is 26.2 Å². The van der Waals surface area contributed by atoms with Crippen molar-refractivity contribution in [3.63, 3.8) is 0 Å². The predicted octanol–water partition coefficient (Wildman–Crippen LogP) is 3.21. The first-order valence-electron chi connectivity index (χ1n) is 6.50. The summed E-state index contributed by atoms with van der Waals surface area (Å²) in [6.07, 6.45) is 1.53. The van der Waals surface area contributed by atoms with Gasteiger partial charge in [0.25, 0.3) is 5.91 Å². The molecule has 0 spiro atoms. The van der Waals surface area contributed by atoms with Crippen molar-refractivity contribution in [3.8, 4) is 0 Å². The summed E-state index contributed by atoms with van der Waals surface area (Å²) in [5.74, 6) is 0.151. The maximum absolute atomic E-state index is 12.3. The molecular formula is C16H19N3O. The van der Waals surface area contributed by atoms with Crippen LogP contribution in [0, 0.1) is 0 Å². The quantitative estimate of drug-likeness (QED) is 0.879. The van der Waals surface area contributed by atoms with E-state index in [4.69, 9.17) is 5.73 Å². The number of benzene rings is 1. The first-order valence-corrected chi connectivity index (χ1v) is 6.50. The van der Waals surface area contributed by atoms with E-state index < -0.39 is 0 Å². The number of nitrogens with two attached hydrogens (primary N) is 1. The number of rotatable bonds is 2. The Morgan fingerprint density at radius 1 is 1.20 bits per heavy atom. The molecule has 0 atom stereocenters. The number of nitrogens with one attached hydrogen (secondary N) is 1. The van der Waals surface area contributed by atoms with Gasteiger partial charge < -0.3 is 11.1 Å². The van der Waals surface area contributed by atoms with E-state index in [1.54, 1.807) is 12.1 Å². The van der Waals surface area contributed by atoms with E-state index in [1.165, 1.54) is 6.20 Å². The summed E-state index contributed by atoms with van der Waals surface area (Å²) >= 11 is 0. The Balaban J connectivity index is 2.29. The predicted molar refractivity (Wildman–Crippen MR) is 81.7 cm³/mol. The van der Waals surface area contributed by atoms with Gasteiger partial charge in [0.05, 0.1) is 0 Å². The normalized spacial score (nSPS) is 11.2. The summed E-state index contributed by atoms with van der Waals surface area (Å²) in [6, 6.07) is 11.0. The molecule has 1 aromatic carbocycles. The molecule has 3 N–H and O–H groups in total. The molecule has 1 aromatic heterocycles. The molecule has 4 nitrogen and oxygen atoms in total. The van der Waals surface area contributed by atoms with Crippen LogP contribution < -0.4 is 11.1 Å². The van der Waals surface area contributed by atoms with Crippen molar-refractivity contribution < 1.29 is 4.79 Å². The number of pyridine rings is 1. The van der Waals surface area contributed by atoms with Crippen molar-refractivity contribution in [2.24, 2.45) is 0 Å². The highest BCUT2D eigenvalue weighted by molar-refractivity contribution is 6.05. The van der Waals surface area contributed by atoms with Crippen LogP contribution in [-0.2, 0) is 5.41 Å². The summed E-state index contributed by atoms with van der Waals surface area (Å²) < 4.78 is 0. The molecule has 20 heavy (non-hydrogen) atoms. The van der Waals surface area contributed by atoms with Gasteiger partial charge in [0.2, 0.25) is 0 Å². The summed E-state index contributed by atoms with van der Waals surface area (Å²) in [5, 5.41) is 2.94. The van der Waals surface area contributed by atoms with Crippen molar-refractivity contribution in [1.82, 2.24) is 4.98 Å². The van der Waals surface area contributed by atoms with Gasteiger partial charge in [0, 0.05) is 17.4 Å². The maximum atomic E-state index is 12.3. The van der Waals surface area contributed by atoms with Crippen LogP contribution in [0.4, 0.5) is 11.5 Å². The van der Waals surface area contributed by atoms with Crippen LogP contribution in [-0.4, -0.2) is 10.9 Å². The minimum Gasteiger partial charge on any atom is -0.384 e. The van der Waals surface area contributed by atoms with Crippen LogP contribution in [0.2, 0.25) is 0 Å². The number of carbonyl (C=O) groups is 1. The third kappa shape index (κ3) is 3.15. The number of anilines is 2. The Morgan fingerprint density at radius 3 is 2.55 bits per heavy atom. The smallest absolute Gasteiger partial charge is 0.255 e. The molecule has 1 amide bonds. The maximum Gasteiger partial charge on any atom is 0.255 e. The number of carbonyl (C=O) groups excluding carboxylic acids is 1. The summed E-state index contributed by atoms with van der Waals surface area (Å²) in [6.45, 7) is 6.34. The van der Waals surface area contributed by atoms with Gasteiger partial charge in [-0.05, 0) is 29.2 Å². The van der Waals surface area contributed by atoms with Crippen LogP contribution >= 0.6 is 0 Å². The Kier molecular flexibility index (Phi) is 3.74. The molecule has 2 aromatic rings. The lowest BCUT2D eigenvalue weighted by Gasteiger charge is -2.23. The van der Waals surface area contributed by atoms with Crippen LogP contribution in [0.25, 0.3) is 0 Å². The second-order valence-corrected chi connectivity index (χ2v) is 5.72. The fraction of sp³-hybridized carbons (Fsp3) is 0.250. The first kappa shape index (κ1) is 14.1. The summed E-state index contributed by atoms with van der Waals surface area (Å²) in [4.78, 5) is 16.1. The average molecular weight is 269 g/mol. The van der Waals surface area contributed by atoms with Gasteiger partial charge in [-0.3, -0.25) is 4.79 Å². The standard InChI is InChI=1S/C16H19N3O/c1-16(2,3)12-6-4-5-7-13(12)19-15(20)11-8-9-18-14(17)10-11/h4-10H,1-3H3,(H2,17,18)(H,19,20). The molecule has 1 heterocycles. The highest BCUT2D eigenvalue weighted by Crippen LogP contribution is 2.29. The Bertz CT molecular complexity index is 630. The number of hydrogen-bond donors (Lipinski definition) is 2. The number of nitrogen functional groups attached to an aromatic ring is 1. The molecule has 4 heteroatoms. The zero-order valence-corrected chi connectivity index (χ0v) is 12.0. The van der Waals surface area contributed by atoms with Crippen LogP contribution in [0.15, 0.2) is 42.6 Å². The molecule has 0 aliphatic heterocycles. The lowest BCUT2D eigenvalue weighted by molar-refractivity contribution is 0.102. The number of hydrogen-bond acceptors (Lipinski definition) is 3. The lowest BCUT2D eigenvalue weighted by Crippen LogP contribution is -2.18. The van der Waals surface area contributed by atoms with Gasteiger partial charge in [0.1, 0.15) is 5.82 Å². The van der Waals surface area contributed by atoms with Crippen molar-refractivity contribution in [2.75, 3.05) is 11.1 Å². The Morgan fingerprint density at radius 2 is 1.90 bits per heavy atom. The van der Waals surface area contributed by atoms with Gasteiger partial charge in [-0.15, -0.1) is 0 Å². The van der Waals surface area contributed by atoms with E-state index >= 15 is 0 Å². The first-order chi connectivity index (χ1) is 9.38. The molecule has 0 aliphatic rings. The highest BCUT2D eigenvalue weighted by atomic mass is 16.1. The van der Waals surface area contributed by atoms with Crippen molar-refractivity contribution in [1.29, 1.82) is 0 Å². The number of aromatic nitrogens is 1. The summed E-state index contributed by atoms with van der Waals surface area (Å²) in [5.41, 5.74) is 7.97.